The highest BCUT2D eigenvalue weighted by Crippen LogP contribution is 2.24. The van der Waals surface area contributed by atoms with Crippen LogP contribution in [0.25, 0.3) is 0 Å². The zero-order chi connectivity index (χ0) is 18.3. The summed E-state index contributed by atoms with van der Waals surface area (Å²) in [6.45, 7) is 7.58. The lowest BCUT2D eigenvalue weighted by Gasteiger charge is -2.21. The molecule has 0 atom stereocenters. The number of carbonyl (C=O) groups is 2. The van der Waals surface area contributed by atoms with E-state index < -0.39 is 16.9 Å². The Morgan fingerprint density at radius 2 is 2.08 bits per heavy atom. The summed E-state index contributed by atoms with van der Waals surface area (Å²) < 4.78 is 5.32. The molecule has 1 aromatic rings. The van der Waals surface area contributed by atoms with Crippen LogP contribution in [0.2, 0.25) is 0 Å². The maximum Gasteiger partial charge on any atom is 0.417 e. The van der Waals surface area contributed by atoms with Gasteiger partial charge in [-0.25, -0.2) is 9.69 Å². The van der Waals surface area contributed by atoms with E-state index in [4.69, 9.17) is 4.74 Å². The molecule has 0 heterocycles. The largest absolute Gasteiger partial charge is 0.449 e. The van der Waals surface area contributed by atoms with Crippen molar-refractivity contribution in [3.8, 4) is 0 Å². The van der Waals surface area contributed by atoms with E-state index in [2.05, 4.69) is 22.5 Å². The van der Waals surface area contributed by atoms with Crippen molar-refractivity contribution in [2.24, 2.45) is 0 Å². The fourth-order valence-corrected chi connectivity index (χ4v) is 2.34. The van der Waals surface area contributed by atoms with Gasteiger partial charge in [-0.3, -0.25) is 14.9 Å². The molecule has 24 heavy (non-hydrogen) atoms. The Morgan fingerprint density at radius 1 is 1.42 bits per heavy atom. The van der Waals surface area contributed by atoms with Crippen molar-refractivity contribution in [1.29, 1.82) is 0 Å². The second-order valence-corrected chi connectivity index (χ2v) is 6.09. The van der Waals surface area contributed by atoms with Gasteiger partial charge in [-0.05, 0) is 35.3 Å². The van der Waals surface area contributed by atoms with Crippen molar-refractivity contribution in [3.63, 3.8) is 0 Å². The van der Waals surface area contributed by atoms with Gasteiger partial charge >= 0.3 is 6.09 Å². The number of carbonyl (C=O) groups excluding carboxylic acids is 2. The Bertz CT molecular complexity index is 660. The number of hydrogen-bond donors (Lipinski definition) is 0. The first-order chi connectivity index (χ1) is 11.3. The molecule has 7 nitrogen and oxygen atoms in total. The average Bonchev–Trinajstić information content (AvgIpc) is 2.51. The SMILES string of the molecule is C=C(C)CN(C(=O)OCCCC)C(=O)c1ccc([N+](=O)[O-])cc1Br. The van der Waals surface area contributed by atoms with Gasteiger partial charge in [0.25, 0.3) is 11.6 Å². The molecule has 0 bridgehead atoms. The maximum absolute atomic E-state index is 12.6. The molecule has 1 rings (SSSR count). The molecule has 0 aliphatic rings. The van der Waals surface area contributed by atoms with Gasteiger partial charge in [-0.1, -0.05) is 25.5 Å². The van der Waals surface area contributed by atoms with Crippen LogP contribution >= 0.6 is 15.9 Å². The monoisotopic (exact) mass is 398 g/mol. The molecule has 0 saturated carbocycles. The Kier molecular flexibility index (Phi) is 7.57. The Balaban J connectivity index is 3.05. The van der Waals surface area contributed by atoms with Crippen molar-refractivity contribution in [3.05, 3.63) is 50.5 Å². The molecule has 0 aliphatic heterocycles. The van der Waals surface area contributed by atoms with Gasteiger partial charge in [-0.15, -0.1) is 0 Å². The van der Waals surface area contributed by atoms with Crippen molar-refractivity contribution in [1.82, 2.24) is 4.90 Å². The molecule has 0 fully saturated rings. The minimum atomic E-state index is -0.762. The van der Waals surface area contributed by atoms with E-state index in [0.717, 1.165) is 11.3 Å². The number of halogens is 1. The predicted octanol–water partition coefficient (Wildman–Crippen LogP) is 4.31. The predicted molar refractivity (Wildman–Crippen MR) is 92.9 cm³/mol. The second-order valence-electron chi connectivity index (χ2n) is 5.24. The smallest absolute Gasteiger partial charge is 0.417 e. The standard InChI is InChI=1S/C16H19BrN2O5/c1-4-5-8-24-16(21)18(10-11(2)3)15(20)13-7-6-12(19(22)23)9-14(13)17/h6-7,9H,2,4-5,8,10H2,1,3H3. The number of imide groups is 1. The molecule has 8 heteroatoms. The number of hydrogen-bond acceptors (Lipinski definition) is 5. The van der Waals surface area contributed by atoms with Gasteiger partial charge in [0.05, 0.1) is 23.6 Å². The highest BCUT2D eigenvalue weighted by molar-refractivity contribution is 9.10. The summed E-state index contributed by atoms with van der Waals surface area (Å²) in [7, 11) is 0. The van der Waals surface area contributed by atoms with E-state index in [9.17, 15) is 19.7 Å². The number of rotatable bonds is 7. The van der Waals surface area contributed by atoms with E-state index in [0.29, 0.717) is 12.0 Å². The summed E-state index contributed by atoms with van der Waals surface area (Å²) in [5, 5.41) is 10.8. The average molecular weight is 399 g/mol. The van der Waals surface area contributed by atoms with Gasteiger partial charge in [0.1, 0.15) is 0 Å². The first-order valence-electron chi connectivity index (χ1n) is 7.34. The van der Waals surface area contributed by atoms with E-state index in [-0.39, 0.29) is 28.9 Å². The molecular weight excluding hydrogens is 380 g/mol. The second kappa shape index (κ2) is 9.17. The number of unbranched alkanes of at least 4 members (excludes halogenated alkanes) is 1. The van der Waals surface area contributed by atoms with E-state index >= 15 is 0 Å². The highest BCUT2D eigenvalue weighted by atomic mass is 79.9. The first-order valence-corrected chi connectivity index (χ1v) is 8.14. The number of non-ortho nitro benzene ring substituents is 1. The summed E-state index contributed by atoms with van der Waals surface area (Å²) in [5.74, 6) is -0.610. The van der Waals surface area contributed by atoms with E-state index in [1.165, 1.54) is 18.2 Å². The molecule has 1 aromatic carbocycles. The molecule has 0 aliphatic carbocycles. The number of amides is 2. The van der Waals surface area contributed by atoms with Gasteiger partial charge in [0.2, 0.25) is 0 Å². The number of ether oxygens (including phenoxy) is 1. The van der Waals surface area contributed by atoms with Crippen LogP contribution in [-0.2, 0) is 4.74 Å². The maximum atomic E-state index is 12.6. The van der Waals surface area contributed by atoms with Gasteiger partial charge in [-0.2, -0.15) is 0 Å². The summed E-state index contributed by atoms with van der Waals surface area (Å²) in [6, 6.07) is 3.73. The van der Waals surface area contributed by atoms with Crippen LogP contribution in [0.1, 0.15) is 37.0 Å². The molecule has 0 saturated heterocycles. The minimum Gasteiger partial charge on any atom is -0.449 e. The zero-order valence-electron chi connectivity index (χ0n) is 13.6. The fraction of sp³-hybridized carbons (Fsp3) is 0.375. The van der Waals surface area contributed by atoms with Gasteiger partial charge < -0.3 is 4.74 Å². The normalized spacial score (nSPS) is 10.1. The first kappa shape index (κ1) is 19.8. The summed E-state index contributed by atoms with van der Waals surface area (Å²) in [4.78, 5) is 36.0. The third-order valence-electron chi connectivity index (χ3n) is 3.01. The lowest BCUT2D eigenvalue weighted by molar-refractivity contribution is -0.384. The Hall–Kier alpha value is -2.22. The van der Waals surface area contributed by atoms with Crippen molar-refractivity contribution in [2.75, 3.05) is 13.2 Å². The summed E-state index contributed by atoms with van der Waals surface area (Å²) in [6.07, 6.45) is 0.791. The molecule has 0 unspecified atom stereocenters. The lowest BCUT2D eigenvalue weighted by Crippen LogP contribution is -2.38. The van der Waals surface area contributed by atoms with Crippen molar-refractivity contribution < 1.29 is 19.2 Å². The number of nitro benzene ring substituents is 1. The molecule has 0 N–H and O–H groups in total. The summed E-state index contributed by atoms with van der Waals surface area (Å²) >= 11 is 3.14. The molecule has 2 amide bonds. The van der Waals surface area contributed by atoms with Crippen molar-refractivity contribution in [2.45, 2.75) is 26.7 Å². The molecule has 130 valence electrons. The van der Waals surface area contributed by atoms with Gasteiger partial charge in [0.15, 0.2) is 0 Å². The van der Waals surface area contributed by atoms with Gasteiger partial charge in [0, 0.05) is 16.6 Å². The van der Waals surface area contributed by atoms with Crippen LogP contribution in [0.4, 0.5) is 10.5 Å². The third-order valence-corrected chi connectivity index (χ3v) is 3.67. The molecular formula is C16H19BrN2O5. The zero-order valence-corrected chi connectivity index (χ0v) is 15.2. The Morgan fingerprint density at radius 3 is 2.58 bits per heavy atom. The molecule has 0 radical (unpaired) electrons. The van der Waals surface area contributed by atoms with E-state index in [1.807, 2.05) is 6.92 Å². The number of nitro groups is 1. The summed E-state index contributed by atoms with van der Waals surface area (Å²) in [5.41, 5.74) is 0.582. The number of benzene rings is 1. The minimum absolute atomic E-state index is 0.00716. The van der Waals surface area contributed by atoms with E-state index in [1.54, 1.807) is 6.92 Å². The van der Waals surface area contributed by atoms with Crippen molar-refractivity contribution >= 4 is 33.6 Å². The third kappa shape index (κ3) is 5.45. The Labute approximate surface area is 148 Å². The van der Waals surface area contributed by atoms with Crippen LogP contribution in [0.3, 0.4) is 0 Å². The number of nitrogens with zero attached hydrogens (tertiary/aromatic N) is 2. The van der Waals surface area contributed by atoms with Crippen LogP contribution in [0, 0.1) is 10.1 Å². The topological polar surface area (TPSA) is 89.8 Å². The molecule has 0 spiro atoms. The van der Waals surface area contributed by atoms with Crippen LogP contribution in [0.15, 0.2) is 34.8 Å². The quantitative estimate of drug-likeness (QED) is 0.295. The fourth-order valence-electron chi connectivity index (χ4n) is 1.81. The molecule has 0 aromatic heterocycles. The van der Waals surface area contributed by atoms with Crippen LogP contribution in [-0.4, -0.2) is 35.0 Å². The van der Waals surface area contributed by atoms with Crippen LogP contribution in [0.5, 0.6) is 0 Å². The highest BCUT2D eigenvalue weighted by Gasteiger charge is 2.26. The lowest BCUT2D eigenvalue weighted by atomic mass is 10.1. The van der Waals surface area contributed by atoms with Crippen LogP contribution < -0.4 is 0 Å².